The lowest BCUT2D eigenvalue weighted by molar-refractivity contribution is 0.155. The van der Waals surface area contributed by atoms with E-state index in [0.29, 0.717) is 21.5 Å². The molecule has 2 aromatic carbocycles. The highest BCUT2D eigenvalue weighted by molar-refractivity contribution is 7.19. The van der Waals surface area contributed by atoms with E-state index in [1.807, 2.05) is 38.1 Å². The SMILES string of the molecule is CCn1c(C)nc2cc(COC(=O)Nc3sc(-c4ccc(Cl)cc4OC)nc3C)ccc21. The summed E-state index contributed by atoms with van der Waals surface area (Å²) >= 11 is 7.39. The molecule has 4 aromatic rings. The molecule has 0 aliphatic carbocycles. The van der Waals surface area contributed by atoms with Gasteiger partial charge in [0, 0.05) is 11.6 Å². The Hall–Kier alpha value is -3.10. The number of nitrogens with zero attached hydrogens (tertiary/aromatic N) is 3. The van der Waals surface area contributed by atoms with E-state index in [-0.39, 0.29) is 6.61 Å². The van der Waals surface area contributed by atoms with Gasteiger partial charge >= 0.3 is 6.09 Å². The third kappa shape index (κ3) is 4.42. The first-order valence-electron chi connectivity index (χ1n) is 10.1. The van der Waals surface area contributed by atoms with Crippen molar-refractivity contribution in [1.82, 2.24) is 14.5 Å². The molecule has 0 unspecified atom stereocenters. The number of carbonyl (C=O) groups excluding carboxylic acids is 1. The minimum absolute atomic E-state index is 0.148. The van der Waals surface area contributed by atoms with Gasteiger partial charge < -0.3 is 14.0 Å². The number of hydrogen-bond donors (Lipinski definition) is 1. The van der Waals surface area contributed by atoms with Crippen molar-refractivity contribution in [1.29, 1.82) is 0 Å². The number of ether oxygens (including phenoxy) is 2. The number of imidazole rings is 1. The van der Waals surface area contributed by atoms with Crippen LogP contribution in [0.5, 0.6) is 5.75 Å². The van der Waals surface area contributed by atoms with Gasteiger partial charge in [0.05, 0.1) is 29.4 Å². The second kappa shape index (κ2) is 9.18. The predicted molar refractivity (Wildman–Crippen MR) is 128 cm³/mol. The molecule has 0 aliphatic heterocycles. The molecule has 0 saturated heterocycles. The fourth-order valence-corrected chi connectivity index (χ4v) is 4.68. The van der Waals surface area contributed by atoms with Gasteiger partial charge in [0.2, 0.25) is 0 Å². The topological polar surface area (TPSA) is 78.3 Å². The maximum Gasteiger partial charge on any atom is 0.412 e. The molecular formula is C23H23ClN4O3S. The summed E-state index contributed by atoms with van der Waals surface area (Å²) in [5, 5.41) is 4.71. The Morgan fingerprint density at radius 1 is 1.19 bits per heavy atom. The van der Waals surface area contributed by atoms with Gasteiger partial charge in [-0.3, -0.25) is 5.32 Å². The van der Waals surface area contributed by atoms with Crippen LogP contribution in [0.25, 0.3) is 21.6 Å². The van der Waals surface area contributed by atoms with E-state index >= 15 is 0 Å². The second-order valence-corrected chi connectivity index (χ2v) is 8.64. The number of benzene rings is 2. The van der Waals surface area contributed by atoms with Gasteiger partial charge in [-0.25, -0.2) is 14.8 Å². The van der Waals surface area contributed by atoms with E-state index in [4.69, 9.17) is 21.1 Å². The van der Waals surface area contributed by atoms with Crippen LogP contribution in [0.3, 0.4) is 0 Å². The zero-order valence-electron chi connectivity index (χ0n) is 18.2. The number of rotatable bonds is 6. The number of hydrogen-bond acceptors (Lipinski definition) is 6. The number of fused-ring (bicyclic) bond motifs is 1. The van der Waals surface area contributed by atoms with E-state index < -0.39 is 6.09 Å². The Bertz CT molecular complexity index is 1300. The van der Waals surface area contributed by atoms with E-state index in [1.165, 1.54) is 11.3 Å². The van der Waals surface area contributed by atoms with Crippen LogP contribution in [-0.4, -0.2) is 27.7 Å². The summed E-state index contributed by atoms with van der Waals surface area (Å²) in [6.45, 7) is 6.91. The summed E-state index contributed by atoms with van der Waals surface area (Å²) in [6, 6.07) is 11.3. The smallest absolute Gasteiger partial charge is 0.412 e. The second-order valence-electron chi connectivity index (χ2n) is 7.21. The number of methoxy groups -OCH3 is 1. The van der Waals surface area contributed by atoms with Crippen molar-refractivity contribution < 1.29 is 14.3 Å². The van der Waals surface area contributed by atoms with Crippen LogP contribution in [0.4, 0.5) is 9.80 Å². The highest BCUT2D eigenvalue weighted by Crippen LogP contribution is 2.38. The van der Waals surface area contributed by atoms with Crippen molar-refractivity contribution in [3.8, 4) is 16.3 Å². The predicted octanol–water partition coefficient (Wildman–Crippen LogP) is 6.21. The lowest BCUT2D eigenvalue weighted by Crippen LogP contribution is -2.13. The fourth-order valence-electron chi connectivity index (χ4n) is 3.53. The van der Waals surface area contributed by atoms with Crippen LogP contribution in [-0.2, 0) is 17.9 Å². The molecule has 9 heteroatoms. The van der Waals surface area contributed by atoms with Gasteiger partial charge in [-0.15, -0.1) is 0 Å². The van der Waals surface area contributed by atoms with Crippen LogP contribution in [0.1, 0.15) is 24.0 Å². The molecule has 0 atom stereocenters. The summed E-state index contributed by atoms with van der Waals surface area (Å²) in [5.74, 6) is 1.59. The van der Waals surface area contributed by atoms with Gasteiger partial charge in [0.15, 0.2) is 0 Å². The first-order valence-corrected chi connectivity index (χ1v) is 11.3. The number of aryl methyl sites for hydroxylation is 3. The van der Waals surface area contributed by atoms with E-state index in [1.54, 1.807) is 19.2 Å². The maximum atomic E-state index is 12.4. The molecule has 1 N–H and O–H groups in total. The van der Waals surface area contributed by atoms with E-state index in [2.05, 4.69) is 26.8 Å². The largest absolute Gasteiger partial charge is 0.496 e. The minimum atomic E-state index is -0.540. The molecule has 0 saturated carbocycles. The molecule has 166 valence electrons. The third-order valence-corrected chi connectivity index (χ3v) is 6.44. The number of nitrogens with one attached hydrogen (secondary N) is 1. The molecule has 0 radical (unpaired) electrons. The number of amides is 1. The Kier molecular flexibility index (Phi) is 6.34. The number of anilines is 1. The summed E-state index contributed by atoms with van der Waals surface area (Å²) in [7, 11) is 1.58. The first kappa shape index (κ1) is 22.1. The lowest BCUT2D eigenvalue weighted by atomic mass is 10.2. The Morgan fingerprint density at radius 3 is 2.75 bits per heavy atom. The minimum Gasteiger partial charge on any atom is -0.496 e. The first-order chi connectivity index (χ1) is 15.4. The van der Waals surface area contributed by atoms with Gasteiger partial charge in [-0.05, 0) is 56.7 Å². The Morgan fingerprint density at radius 2 is 2.00 bits per heavy atom. The van der Waals surface area contributed by atoms with Crippen molar-refractivity contribution in [2.45, 2.75) is 33.9 Å². The number of carbonyl (C=O) groups is 1. The molecule has 1 amide bonds. The highest BCUT2D eigenvalue weighted by atomic mass is 35.5. The third-order valence-electron chi connectivity index (χ3n) is 5.10. The van der Waals surface area contributed by atoms with Crippen LogP contribution in [0.15, 0.2) is 36.4 Å². The summed E-state index contributed by atoms with van der Waals surface area (Å²) < 4.78 is 13.0. The number of aromatic nitrogens is 3. The molecule has 32 heavy (non-hydrogen) atoms. The van der Waals surface area contributed by atoms with Crippen molar-refractivity contribution in [2.24, 2.45) is 0 Å². The molecule has 0 fully saturated rings. The summed E-state index contributed by atoms with van der Waals surface area (Å²) in [6.07, 6.45) is -0.540. The summed E-state index contributed by atoms with van der Waals surface area (Å²) in [4.78, 5) is 21.5. The van der Waals surface area contributed by atoms with Crippen molar-refractivity contribution in [3.63, 3.8) is 0 Å². The van der Waals surface area contributed by atoms with Crippen LogP contribution in [0, 0.1) is 13.8 Å². The maximum absolute atomic E-state index is 12.4. The monoisotopic (exact) mass is 470 g/mol. The molecular weight excluding hydrogens is 448 g/mol. The average Bonchev–Trinajstić information content (AvgIpc) is 3.29. The molecule has 0 aliphatic rings. The summed E-state index contributed by atoms with van der Waals surface area (Å²) in [5.41, 5.74) is 4.35. The van der Waals surface area contributed by atoms with Crippen LogP contribution < -0.4 is 10.1 Å². The molecule has 2 aromatic heterocycles. The highest BCUT2D eigenvalue weighted by Gasteiger charge is 2.16. The van der Waals surface area contributed by atoms with Gasteiger partial charge in [-0.1, -0.05) is 29.0 Å². The zero-order valence-corrected chi connectivity index (χ0v) is 19.8. The van der Waals surface area contributed by atoms with Crippen LogP contribution >= 0.6 is 22.9 Å². The number of halogens is 1. The Labute approximate surface area is 195 Å². The normalized spacial score (nSPS) is 11.0. The average molecular weight is 471 g/mol. The molecule has 0 spiro atoms. The van der Waals surface area contributed by atoms with Crippen molar-refractivity contribution in [2.75, 3.05) is 12.4 Å². The van der Waals surface area contributed by atoms with Crippen molar-refractivity contribution in [3.05, 3.63) is 58.5 Å². The van der Waals surface area contributed by atoms with Gasteiger partial charge in [-0.2, -0.15) is 0 Å². The fraction of sp³-hybridized carbons (Fsp3) is 0.261. The quantitative estimate of drug-likeness (QED) is 0.362. The van der Waals surface area contributed by atoms with Crippen LogP contribution in [0.2, 0.25) is 5.02 Å². The van der Waals surface area contributed by atoms with Crippen molar-refractivity contribution >= 4 is 45.1 Å². The molecule has 0 bridgehead atoms. The van der Waals surface area contributed by atoms with E-state index in [0.717, 1.165) is 39.5 Å². The molecule has 7 nitrogen and oxygen atoms in total. The number of thiazole rings is 1. The Balaban J connectivity index is 1.44. The van der Waals surface area contributed by atoms with Gasteiger partial charge in [0.1, 0.15) is 28.2 Å². The standard InChI is InChI=1S/C23H23ClN4O3S/c1-5-28-14(3)26-18-10-15(6-9-19(18)28)12-31-23(29)27-21-13(2)25-22(32-21)17-8-7-16(24)11-20(17)30-4/h6-11H,5,12H2,1-4H3,(H,27,29). The van der Waals surface area contributed by atoms with E-state index in [9.17, 15) is 4.79 Å². The molecule has 2 heterocycles. The molecule has 4 rings (SSSR count). The zero-order chi connectivity index (χ0) is 22.8. The van der Waals surface area contributed by atoms with Gasteiger partial charge in [0.25, 0.3) is 0 Å². The lowest BCUT2D eigenvalue weighted by Gasteiger charge is -2.07.